The summed E-state index contributed by atoms with van der Waals surface area (Å²) in [5.74, 6) is 1.61. The van der Waals surface area contributed by atoms with Crippen LogP contribution in [0.5, 0.6) is 0 Å². The van der Waals surface area contributed by atoms with Crippen LogP contribution < -0.4 is 0 Å². The Kier molecular flexibility index (Phi) is 2.09. The minimum atomic E-state index is 0.531. The third kappa shape index (κ3) is 1.59. The van der Waals surface area contributed by atoms with Crippen LogP contribution in [0, 0.1) is 5.92 Å². The first-order chi connectivity index (χ1) is 6.29. The summed E-state index contributed by atoms with van der Waals surface area (Å²) in [5.41, 5.74) is 2.73. The summed E-state index contributed by atoms with van der Waals surface area (Å²) >= 11 is 0. The molecule has 0 aromatic heterocycles. The van der Waals surface area contributed by atoms with Gasteiger partial charge in [-0.1, -0.05) is 29.9 Å². The average Bonchev–Trinajstić information content (AvgIpc) is 2.17. The molecule has 68 valence electrons. The zero-order chi connectivity index (χ0) is 9.26. The number of allylic oxidation sites excluding steroid dienone is 8. The first-order valence-electron chi connectivity index (χ1n) is 4.61. The Hall–Kier alpha value is -1.24. The predicted octanol–water partition coefficient (Wildman–Crippen LogP) is 2.98. The monoisotopic (exact) mass is 174 g/mol. The number of ether oxygens (including phenoxy) is 1. The van der Waals surface area contributed by atoms with Crippen molar-refractivity contribution in [2.45, 2.75) is 13.3 Å². The van der Waals surface area contributed by atoms with Gasteiger partial charge < -0.3 is 4.74 Å². The second-order valence-electron chi connectivity index (χ2n) is 3.56. The molecule has 0 N–H and O–H groups in total. The van der Waals surface area contributed by atoms with Crippen molar-refractivity contribution in [2.24, 2.45) is 5.92 Å². The van der Waals surface area contributed by atoms with Gasteiger partial charge in [0.15, 0.2) is 0 Å². The first-order valence-corrected chi connectivity index (χ1v) is 4.61. The molecule has 0 heterocycles. The van der Waals surface area contributed by atoms with E-state index in [0.29, 0.717) is 5.92 Å². The Morgan fingerprint density at radius 1 is 1.38 bits per heavy atom. The van der Waals surface area contributed by atoms with E-state index in [-0.39, 0.29) is 0 Å². The second-order valence-corrected chi connectivity index (χ2v) is 3.56. The van der Waals surface area contributed by atoms with E-state index in [4.69, 9.17) is 4.74 Å². The van der Waals surface area contributed by atoms with Crippen molar-refractivity contribution in [2.75, 3.05) is 7.11 Å². The lowest BCUT2D eigenvalue weighted by Gasteiger charge is -2.22. The van der Waals surface area contributed by atoms with E-state index in [2.05, 4.69) is 37.3 Å². The van der Waals surface area contributed by atoms with E-state index >= 15 is 0 Å². The molecule has 0 aromatic rings. The molecule has 2 rings (SSSR count). The summed E-state index contributed by atoms with van der Waals surface area (Å²) in [6, 6.07) is 0. The minimum Gasteiger partial charge on any atom is -0.501 e. The van der Waals surface area contributed by atoms with Gasteiger partial charge in [0.25, 0.3) is 0 Å². The normalized spacial score (nSPS) is 25.7. The Morgan fingerprint density at radius 2 is 2.23 bits per heavy atom. The quantitative estimate of drug-likeness (QED) is 0.593. The third-order valence-electron chi connectivity index (χ3n) is 2.56. The number of methoxy groups -OCH3 is 1. The maximum atomic E-state index is 5.23. The zero-order valence-corrected chi connectivity index (χ0v) is 8.08. The molecule has 2 aliphatic rings. The van der Waals surface area contributed by atoms with E-state index in [1.54, 1.807) is 7.11 Å². The summed E-state index contributed by atoms with van der Waals surface area (Å²) in [6.45, 7) is 2.13. The SMILES string of the molecule is COC1=CC=C2C=C(C)C=CC2C1. The lowest BCUT2D eigenvalue weighted by Crippen LogP contribution is -2.08. The molecule has 0 aliphatic heterocycles. The molecule has 0 amide bonds. The summed E-state index contributed by atoms with van der Waals surface area (Å²) in [4.78, 5) is 0. The van der Waals surface area contributed by atoms with Gasteiger partial charge in [0.05, 0.1) is 12.9 Å². The highest BCUT2D eigenvalue weighted by Crippen LogP contribution is 2.31. The molecule has 1 nitrogen and oxygen atoms in total. The molecule has 1 unspecified atom stereocenters. The Labute approximate surface area is 79.1 Å². The summed E-state index contributed by atoms with van der Waals surface area (Å²) in [5, 5.41) is 0. The minimum absolute atomic E-state index is 0.531. The lowest BCUT2D eigenvalue weighted by atomic mass is 9.85. The van der Waals surface area contributed by atoms with E-state index in [0.717, 1.165) is 12.2 Å². The van der Waals surface area contributed by atoms with Crippen LogP contribution in [0.2, 0.25) is 0 Å². The standard InChI is InChI=1S/C12H14O/c1-9-3-4-11-8-12(13-2)6-5-10(11)7-9/h3-7,11H,8H2,1-2H3. The summed E-state index contributed by atoms with van der Waals surface area (Å²) < 4.78 is 5.23. The van der Waals surface area contributed by atoms with Crippen LogP contribution in [0.15, 0.2) is 47.3 Å². The van der Waals surface area contributed by atoms with Gasteiger partial charge >= 0.3 is 0 Å². The van der Waals surface area contributed by atoms with Gasteiger partial charge in [-0.2, -0.15) is 0 Å². The second kappa shape index (κ2) is 3.25. The molecule has 1 atom stereocenters. The van der Waals surface area contributed by atoms with Gasteiger partial charge in [-0.3, -0.25) is 0 Å². The van der Waals surface area contributed by atoms with Gasteiger partial charge in [0, 0.05) is 12.3 Å². The fourth-order valence-corrected chi connectivity index (χ4v) is 1.78. The fourth-order valence-electron chi connectivity index (χ4n) is 1.78. The smallest absolute Gasteiger partial charge is 0.0964 e. The molecule has 0 aromatic carbocycles. The van der Waals surface area contributed by atoms with Crippen molar-refractivity contribution >= 4 is 0 Å². The van der Waals surface area contributed by atoms with Gasteiger partial charge in [0.2, 0.25) is 0 Å². The van der Waals surface area contributed by atoms with E-state index < -0.39 is 0 Å². The number of hydrogen-bond donors (Lipinski definition) is 0. The largest absolute Gasteiger partial charge is 0.501 e. The number of fused-ring (bicyclic) bond motifs is 1. The molecular formula is C12H14O. The van der Waals surface area contributed by atoms with Crippen LogP contribution in [0.3, 0.4) is 0 Å². The highest BCUT2D eigenvalue weighted by molar-refractivity contribution is 5.42. The van der Waals surface area contributed by atoms with Crippen molar-refractivity contribution in [3.63, 3.8) is 0 Å². The Morgan fingerprint density at radius 3 is 3.00 bits per heavy atom. The molecule has 1 heteroatoms. The molecule has 0 radical (unpaired) electrons. The third-order valence-corrected chi connectivity index (χ3v) is 2.56. The molecule has 2 aliphatic carbocycles. The highest BCUT2D eigenvalue weighted by atomic mass is 16.5. The van der Waals surface area contributed by atoms with Crippen LogP contribution in [0.1, 0.15) is 13.3 Å². The molecule has 0 saturated carbocycles. The molecule has 0 bridgehead atoms. The van der Waals surface area contributed by atoms with Crippen molar-refractivity contribution in [1.82, 2.24) is 0 Å². The van der Waals surface area contributed by atoms with Crippen LogP contribution in [0.4, 0.5) is 0 Å². The van der Waals surface area contributed by atoms with Crippen LogP contribution in [0.25, 0.3) is 0 Å². The first kappa shape index (κ1) is 8.36. The van der Waals surface area contributed by atoms with E-state index in [1.165, 1.54) is 11.1 Å². The lowest BCUT2D eigenvalue weighted by molar-refractivity contribution is 0.269. The van der Waals surface area contributed by atoms with Gasteiger partial charge in [0.1, 0.15) is 0 Å². The van der Waals surface area contributed by atoms with Gasteiger partial charge in [-0.25, -0.2) is 0 Å². The van der Waals surface area contributed by atoms with Crippen LogP contribution in [-0.2, 0) is 4.74 Å². The van der Waals surface area contributed by atoms with E-state index in [9.17, 15) is 0 Å². The molecular weight excluding hydrogens is 160 g/mol. The van der Waals surface area contributed by atoms with Crippen LogP contribution in [-0.4, -0.2) is 7.11 Å². The maximum Gasteiger partial charge on any atom is 0.0964 e. The summed E-state index contributed by atoms with van der Waals surface area (Å²) in [6.07, 6.45) is 11.9. The van der Waals surface area contributed by atoms with Crippen molar-refractivity contribution in [1.29, 1.82) is 0 Å². The topological polar surface area (TPSA) is 9.23 Å². The highest BCUT2D eigenvalue weighted by Gasteiger charge is 2.17. The molecule has 0 spiro atoms. The van der Waals surface area contributed by atoms with Crippen LogP contribution >= 0.6 is 0 Å². The Bertz CT molecular complexity index is 329. The number of hydrogen-bond acceptors (Lipinski definition) is 1. The zero-order valence-electron chi connectivity index (χ0n) is 8.08. The predicted molar refractivity (Wildman–Crippen MR) is 54.2 cm³/mol. The van der Waals surface area contributed by atoms with Crippen molar-refractivity contribution in [3.05, 3.63) is 47.3 Å². The summed E-state index contributed by atoms with van der Waals surface area (Å²) in [7, 11) is 1.73. The van der Waals surface area contributed by atoms with Crippen molar-refractivity contribution in [3.8, 4) is 0 Å². The number of rotatable bonds is 1. The average molecular weight is 174 g/mol. The van der Waals surface area contributed by atoms with E-state index in [1.807, 2.05) is 0 Å². The Balaban J connectivity index is 2.28. The molecule has 0 fully saturated rings. The fraction of sp³-hybridized carbons (Fsp3) is 0.333. The maximum absolute atomic E-state index is 5.23. The van der Waals surface area contributed by atoms with Crippen molar-refractivity contribution < 1.29 is 4.74 Å². The molecule has 0 saturated heterocycles. The van der Waals surface area contributed by atoms with Gasteiger partial charge in [-0.15, -0.1) is 0 Å². The van der Waals surface area contributed by atoms with Gasteiger partial charge in [-0.05, 0) is 18.6 Å². The molecule has 13 heavy (non-hydrogen) atoms.